The minimum absolute atomic E-state index is 0.176. The van der Waals surface area contributed by atoms with Gasteiger partial charge in [-0.05, 0) is 37.6 Å². The Kier molecular flexibility index (Phi) is 4.28. The Balaban J connectivity index is 1.78. The molecule has 0 saturated carbocycles. The van der Waals surface area contributed by atoms with Crippen LogP contribution in [0.1, 0.15) is 46.0 Å². The van der Waals surface area contributed by atoms with E-state index in [0.717, 1.165) is 38.8 Å². The number of carbonyl (C=O) groups excluding carboxylic acids is 1. The van der Waals surface area contributed by atoms with Gasteiger partial charge in [-0.15, -0.1) is 0 Å². The fourth-order valence-electron chi connectivity index (χ4n) is 2.94. The highest BCUT2D eigenvalue weighted by molar-refractivity contribution is 5.76. The summed E-state index contributed by atoms with van der Waals surface area (Å²) in [5.41, 5.74) is 5.77. The maximum atomic E-state index is 12.2. The van der Waals surface area contributed by atoms with E-state index in [1.165, 1.54) is 0 Å². The van der Waals surface area contributed by atoms with Gasteiger partial charge in [0.2, 0.25) is 5.91 Å². The summed E-state index contributed by atoms with van der Waals surface area (Å²) in [6, 6.07) is 0. The third kappa shape index (κ3) is 3.45. The number of likely N-dealkylation sites (tertiary alicyclic amines) is 1. The van der Waals surface area contributed by atoms with Crippen LogP contribution in [-0.4, -0.2) is 42.6 Å². The van der Waals surface area contributed by atoms with Gasteiger partial charge in [-0.25, -0.2) is 0 Å². The summed E-state index contributed by atoms with van der Waals surface area (Å²) < 4.78 is 5.75. The number of amides is 1. The van der Waals surface area contributed by atoms with Crippen LogP contribution in [-0.2, 0) is 9.53 Å². The van der Waals surface area contributed by atoms with Gasteiger partial charge in [-0.2, -0.15) is 0 Å². The molecule has 2 atom stereocenters. The van der Waals surface area contributed by atoms with Gasteiger partial charge in [0.15, 0.2) is 0 Å². The Hall–Kier alpha value is -0.610. The average Bonchev–Trinajstić information content (AvgIpc) is 2.65. The Labute approximate surface area is 110 Å². The van der Waals surface area contributed by atoms with Crippen molar-refractivity contribution in [1.82, 2.24) is 4.90 Å². The van der Waals surface area contributed by atoms with Gasteiger partial charge in [0.25, 0.3) is 0 Å². The van der Waals surface area contributed by atoms with Crippen LogP contribution in [0.4, 0.5) is 0 Å². The summed E-state index contributed by atoms with van der Waals surface area (Å²) in [6.07, 6.45) is 5.38. The molecule has 18 heavy (non-hydrogen) atoms. The highest BCUT2D eigenvalue weighted by Crippen LogP contribution is 2.29. The van der Waals surface area contributed by atoms with E-state index < -0.39 is 0 Å². The van der Waals surface area contributed by atoms with E-state index in [4.69, 9.17) is 10.5 Å². The highest BCUT2D eigenvalue weighted by atomic mass is 16.5. The molecule has 2 aliphatic rings. The molecule has 2 heterocycles. The summed E-state index contributed by atoms with van der Waals surface area (Å²) >= 11 is 0. The van der Waals surface area contributed by atoms with E-state index >= 15 is 0 Å². The predicted octanol–water partition coefficient (Wildman–Crippen LogP) is 1.53. The molecule has 0 radical (unpaired) electrons. The first-order valence-electron chi connectivity index (χ1n) is 7.13. The summed E-state index contributed by atoms with van der Waals surface area (Å²) in [5, 5.41) is 0. The van der Waals surface area contributed by atoms with E-state index in [9.17, 15) is 4.79 Å². The molecule has 0 aromatic rings. The minimum atomic E-state index is 0.176. The van der Waals surface area contributed by atoms with Crippen LogP contribution in [0.25, 0.3) is 0 Å². The molecule has 104 valence electrons. The molecule has 4 nitrogen and oxygen atoms in total. The van der Waals surface area contributed by atoms with Gasteiger partial charge in [-0.3, -0.25) is 4.79 Å². The van der Waals surface area contributed by atoms with E-state index in [1.54, 1.807) is 0 Å². The molecule has 0 aromatic heterocycles. The Morgan fingerprint density at radius 1 is 1.28 bits per heavy atom. The van der Waals surface area contributed by atoms with E-state index in [2.05, 4.69) is 13.8 Å². The van der Waals surface area contributed by atoms with Crippen molar-refractivity contribution in [2.24, 2.45) is 11.1 Å². The molecule has 2 aliphatic heterocycles. The lowest BCUT2D eigenvalue weighted by Crippen LogP contribution is -2.46. The minimum Gasteiger partial charge on any atom is -0.371 e. The first kappa shape index (κ1) is 13.8. The number of carbonyl (C=O) groups is 1. The lowest BCUT2D eigenvalue weighted by atomic mass is 9.84. The zero-order chi connectivity index (χ0) is 13.2. The van der Waals surface area contributed by atoms with Crippen molar-refractivity contribution in [2.45, 2.75) is 58.2 Å². The topological polar surface area (TPSA) is 55.6 Å². The van der Waals surface area contributed by atoms with Crippen LogP contribution in [0.5, 0.6) is 0 Å². The normalized spacial score (nSPS) is 27.6. The van der Waals surface area contributed by atoms with Crippen LogP contribution in [0.2, 0.25) is 0 Å². The van der Waals surface area contributed by atoms with Gasteiger partial charge < -0.3 is 15.4 Å². The first-order chi connectivity index (χ1) is 8.50. The van der Waals surface area contributed by atoms with Gasteiger partial charge in [0.05, 0.1) is 12.2 Å². The van der Waals surface area contributed by atoms with Crippen LogP contribution in [0, 0.1) is 5.41 Å². The van der Waals surface area contributed by atoms with Crippen molar-refractivity contribution in [3.8, 4) is 0 Å². The van der Waals surface area contributed by atoms with Crippen LogP contribution < -0.4 is 5.73 Å². The van der Waals surface area contributed by atoms with Crippen molar-refractivity contribution in [3.05, 3.63) is 0 Å². The van der Waals surface area contributed by atoms with Gasteiger partial charge in [0, 0.05) is 19.5 Å². The second-order valence-electron chi connectivity index (χ2n) is 6.46. The first-order valence-corrected chi connectivity index (χ1v) is 7.13. The molecule has 0 aliphatic carbocycles. The number of rotatable bonds is 5. The molecule has 0 aromatic carbocycles. The van der Waals surface area contributed by atoms with E-state index in [1.807, 2.05) is 4.90 Å². The second kappa shape index (κ2) is 5.57. The number of ether oxygens (including phenoxy) is 1. The van der Waals surface area contributed by atoms with Gasteiger partial charge >= 0.3 is 0 Å². The van der Waals surface area contributed by atoms with Crippen molar-refractivity contribution in [2.75, 3.05) is 19.6 Å². The molecule has 0 spiro atoms. The molecule has 2 unspecified atom stereocenters. The van der Waals surface area contributed by atoms with Crippen molar-refractivity contribution < 1.29 is 9.53 Å². The Morgan fingerprint density at radius 3 is 2.44 bits per heavy atom. The van der Waals surface area contributed by atoms with E-state index in [0.29, 0.717) is 31.1 Å². The standard InChI is InChI=1S/C14H26N2O2/c1-14(2,7-8-15)6-5-13(17)16-9-11-3-4-12(10-16)18-11/h11-12H,3-10,15H2,1-2H3. The lowest BCUT2D eigenvalue weighted by molar-refractivity contribution is -0.140. The average molecular weight is 254 g/mol. The molecule has 4 heteroatoms. The number of hydrogen-bond acceptors (Lipinski definition) is 3. The molecule has 2 saturated heterocycles. The fraction of sp³-hybridized carbons (Fsp3) is 0.929. The smallest absolute Gasteiger partial charge is 0.222 e. The van der Waals surface area contributed by atoms with Gasteiger partial charge in [0.1, 0.15) is 0 Å². The van der Waals surface area contributed by atoms with E-state index in [-0.39, 0.29) is 5.41 Å². The summed E-state index contributed by atoms with van der Waals surface area (Å²) in [6.45, 7) is 6.68. The third-order valence-electron chi connectivity index (χ3n) is 4.23. The molecule has 2 N–H and O–H groups in total. The molecule has 1 amide bonds. The Bertz CT molecular complexity index is 292. The predicted molar refractivity (Wildman–Crippen MR) is 71.2 cm³/mol. The third-order valence-corrected chi connectivity index (χ3v) is 4.23. The second-order valence-corrected chi connectivity index (χ2v) is 6.46. The maximum Gasteiger partial charge on any atom is 0.222 e. The highest BCUT2D eigenvalue weighted by Gasteiger charge is 2.35. The summed E-state index contributed by atoms with van der Waals surface area (Å²) in [4.78, 5) is 14.2. The molecule has 2 rings (SSSR count). The van der Waals surface area contributed by atoms with Crippen LogP contribution in [0.15, 0.2) is 0 Å². The van der Waals surface area contributed by atoms with Crippen molar-refractivity contribution in [3.63, 3.8) is 0 Å². The molecular weight excluding hydrogens is 228 g/mol. The number of morpholine rings is 1. The lowest BCUT2D eigenvalue weighted by Gasteiger charge is -2.33. The Morgan fingerprint density at radius 2 is 1.89 bits per heavy atom. The number of hydrogen-bond donors (Lipinski definition) is 1. The largest absolute Gasteiger partial charge is 0.371 e. The summed E-state index contributed by atoms with van der Waals surface area (Å²) in [5.74, 6) is 0.292. The number of nitrogens with zero attached hydrogens (tertiary/aromatic N) is 1. The maximum absolute atomic E-state index is 12.2. The summed E-state index contributed by atoms with van der Waals surface area (Å²) in [7, 11) is 0. The molecular formula is C14H26N2O2. The zero-order valence-electron chi connectivity index (χ0n) is 11.7. The SMILES string of the molecule is CC(C)(CCN)CCC(=O)N1CC2CCC(C1)O2. The zero-order valence-corrected chi connectivity index (χ0v) is 11.7. The van der Waals surface area contributed by atoms with Crippen molar-refractivity contribution >= 4 is 5.91 Å². The van der Waals surface area contributed by atoms with Crippen LogP contribution >= 0.6 is 0 Å². The quantitative estimate of drug-likeness (QED) is 0.809. The fourth-order valence-corrected chi connectivity index (χ4v) is 2.94. The molecule has 2 bridgehead atoms. The monoisotopic (exact) mass is 254 g/mol. The van der Waals surface area contributed by atoms with Crippen molar-refractivity contribution in [1.29, 1.82) is 0 Å². The van der Waals surface area contributed by atoms with Gasteiger partial charge in [-0.1, -0.05) is 13.8 Å². The van der Waals surface area contributed by atoms with Crippen LogP contribution in [0.3, 0.4) is 0 Å². The molecule has 2 fully saturated rings. The number of fused-ring (bicyclic) bond motifs is 2. The number of nitrogens with two attached hydrogens (primary N) is 1.